The van der Waals surface area contributed by atoms with E-state index in [1.54, 1.807) is 36.4 Å². The number of hydrogen-bond donors (Lipinski definition) is 3. The largest absolute Gasteiger partial charge is 0.325 e. The van der Waals surface area contributed by atoms with Gasteiger partial charge in [-0.2, -0.15) is 11.3 Å². The first-order valence-electron chi connectivity index (χ1n) is 12.4. The number of carbonyl (C=O) groups excluding carboxylic acids is 3. The van der Waals surface area contributed by atoms with E-state index in [9.17, 15) is 14.4 Å². The van der Waals surface area contributed by atoms with Crippen molar-refractivity contribution in [2.75, 3.05) is 10.6 Å². The topological polar surface area (TPSA) is 87.3 Å². The van der Waals surface area contributed by atoms with Crippen LogP contribution >= 0.6 is 23.1 Å². The van der Waals surface area contributed by atoms with Gasteiger partial charge in [0.15, 0.2) is 0 Å². The minimum atomic E-state index is -0.451. The Kier molecular flexibility index (Phi) is 9.35. The van der Waals surface area contributed by atoms with Crippen LogP contribution in [0.2, 0.25) is 0 Å². The van der Waals surface area contributed by atoms with Gasteiger partial charge >= 0.3 is 0 Å². The van der Waals surface area contributed by atoms with Crippen LogP contribution in [-0.4, -0.2) is 23.0 Å². The Balaban J connectivity index is 1.45. The fraction of sp³-hybridized carbons (Fsp3) is 0.129. The van der Waals surface area contributed by atoms with Crippen LogP contribution < -0.4 is 16.0 Å². The second-order valence-electron chi connectivity index (χ2n) is 8.93. The zero-order valence-electron chi connectivity index (χ0n) is 21.9. The normalized spacial score (nSPS) is 11.9. The minimum Gasteiger partial charge on any atom is -0.325 e. The number of thioether (sulfide) groups is 1. The van der Waals surface area contributed by atoms with Gasteiger partial charge in [0.25, 0.3) is 11.8 Å². The lowest BCUT2D eigenvalue weighted by molar-refractivity contribution is -0.115. The maximum atomic E-state index is 13.3. The van der Waals surface area contributed by atoms with Crippen molar-refractivity contribution in [1.82, 2.24) is 5.32 Å². The van der Waals surface area contributed by atoms with Crippen molar-refractivity contribution in [1.29, 1.82) is 0 Å². The summed E-state index contributed by atoms with van der Waals surface area (Å²) >= 11 is 2.90. The number of carbonyl (C=O) groups is 3. The van der Waals surface area contributed by atoms with E-state index in [0.717, 1.165) is 27.3 Å². The molecule has 0 radical (unpaired) electrons. The van der Waals surface area contributed by atoms with Crippen LogP contribution in [0.1, 0.15) is 34.0 Å². The van der Waals surface area contributed by atoms with Gasteiger partial charge in [0.05, 0.1) is 5.25 Å². The van der Waals surface area contributed by atoms with Gasteiger partial charge in [-0.1, -0.05) is 42.5 Å². The summed E-state index contributed by atoms with van der Waals surface area (Å²) in [6.45, 7) is 5.78. The summed E-state index contributed by atoms with van der Waals surface area (Å²) in [6.07, 6.45) is 1.64. The quantitative estimate of drug-likeness (QED) is 0.155. The molecule has 3 amide bonds. The SMILES string of the molecule is Cc1cccc(C)c1NC(=O)C(C)Sc1cccc(NC(=O)/C(=C/c2ccsc2)NC(=O)c2ccccc2)c1. The fourth-order valence-corrected chi connectivity index (χ4v) is 5.35. The average Bonchev–Trinajstić information content (AvgIpc) is 3.44. The molecule has 39 heavy (non-hydrogen) atoms. The van der Waals surface area contributed by atoms with Crippen molar-refractivity contribution in [3.63, 3.8) is 0 Å². The molecule has 4 rings (SSSR count). The third-order valence-electron chi connectivity index (χ3n) is 5.89. The number of hydrogen-bond acceptors (Lipinski definition) is 5. The van der Waals surface area contributed by atoms with Crippen molar-refractivity contribution in [3.05, 3.63) is 118 Å². The lowest BCUT2D eigenvalue weighted by Crippen LogP contribution is -2.30. The first-order chi connectivity index (χ1) is 18.8. The molecule has 0 aliphatic rings. The number of amides is 3. The molecule has 1 heterocycles. The molecule has 198 valence electrons. The lowest BCUT2D eigenvalue weighted by atomic mass is 10.1. The predicted molar refractivity (Wildman–Crippen MR) is 161 cm³/mol. The second kappa shape index (κ2) is 13.1. The molecule has 3 N–H and O–H groups in total. The minimum absolute atomic E-state index is 0.101. The van der Waals surface area contributed by atoms with Crippen LogP contribution in [0.15, 0.2) is 100 Å². The van der Waals surface area contributed by atoms with Gasteiger partial charge in [-0.25, -0.2) is 0 Å². The molecule has 1 atom stereocenters. The summed E-state index contributed by atoms with van der Waals surface area (Å²) in [5.74, 6) is -0.926. The molecule has 6 nitrogen and oxygen atoms in total. The van der Waals surface area contributed by atoms with Crippen LogP contribution in [0.25, 0.3) is 6.08 Å². The Morgan fingerprint density at radius 3 is 2.28 bits per heavy atom. The Bertz CT molecular complexity index is 1480. The highest BCUT2D eigenvalue weighted by Gasteiger charge is 2.18. The van der Waals surface area contributed by atoms with E-state index < -0.39 is 5.91 Å². The highest BCUT2D eigenvalue weighted by atomic mass is 32.2. The summed E-state index contributed by atoms with van der Waals surface area (Å²) in [5, 5.41) is 12.1. The van der Waals surface area contributed by atoms with Crippen molar-refractivity contribution in [2.24, 2.45) is 0 Å². The number of thiophene rings is 1. The van der Waals surface area contributed by atoms with Crippen LogP contribution in [-0.2, 0) is 9.59 Å². The van der Waals surface area contributed by atoms with Gasteiger partial charge in [-0.15, -0.1) is 11.8 Å². The Hall–Kier alpha value is -4.14. The molecule has 0 saturated heterocycles. The number of rotatable bonds is 9. The van der Waals surface area contributed by atoms with Gasteiger partial charge in [0.1, 0.15) is 5.70 Å². The van der Waals surface area contributed by atoms with E-state index in [1.807, 2.05) is 80.1 Å². The van der Waals surface area contributed by atoms with E-state index >= 15 is 0 Å². The number of aryl methyl sites for hydroxylation is 2. The van der Waals surface area contributed by atoms with Crippen molar-refractivity contribution < 1.29 is 14.4 Å². The van der Waals surface area contributed by atoms with E-state index in [4.69, 9.17) is 0 Å². The summed E-state index contributed by atoms with van der Waals surface area (Å²) in [4.78, 5) is 39.8. The van der Waals surface area contributed by atoms with Crippen LogP contribution in [0, 0.1) is 13.8 Å². The number of para-hydroxylation sites is 1. The molecule has 8 heteroatoms. The second-order valence-corrected chi connectivity index (χ2v) is 11.1. The summed E-state index contributed by atoms with van der Waals surface area (Å²) in [7, 11) is 0. The summed E-state index contributed by atoms with van der Waals surface area (Å²) < 4.78 is 0. The molecular formula is C31H29N3O3S2. The van der Waals surface area contributed by atoms with Crippen molar-refractivity contribution in [3.8, 4) is 0 Å². The third kappa shape index (κ3) is 7.69. The van der Waals surface area contributed by atoms with Crippen molar-refractivity contribution >= 4 is 58.3 Å². The molecule has 1 aromatic heterocycles. The molecule has 3 aromatic carbocycles. The van der Waals surface area contributed by atoms with Gasteiger partial charge < -0.3 is 16.0 Å². The van der Waals surface area contributed by atoms with E-state index in [-0.39, 0.29) is 22.8 Å². The summed E-state index contributed by atoms with van der Waals surface area (Å²) in [6, 6.07) is 23.8. The smallest absolute Gasteiger partial charge is 0.272 e. The van der Waals surface area contributed by atoms with Crippen LogP contribution in [0.3, 0.4) is 0 Å². The Morgan fingerprint density at radius 2 is 1.59 bits per heavy atom. The first-order valence-corrected chi connectivity index (χ1v) is 14.2. The van der Waals surface area contributed by atoms with E-state index in [0.29, 0.717) is 11.3 Å². The maximum Gasteiger partial charge on any atom is 0.272 e. The monoisotopic (exact) mass is 555 g/mol. The van der Waals surface area contributed by atoms with Gasteiger partial charge in [0.2, 0.25) is 5.91 Å². The molecular weight excluding hydrogens is 526 g/mol. The average molecular weight is 556 g/mol. The molecule has 0 spiro atoms. The first kappa shape index (κ1) is 27.9. The molecule has 0 bridgehead atoms. The molecule has 0 aliphatic carbocycles. The molecule has 1 unspecified atom stereocenters. The fourth-order valence-electron chi connectivity index (χ4n) is 3.81. The molecule has 0 aliphatic heterocycles. The lowest BCUT2D eigenvalue weighted by Gasteiger charge is -2.16. The standard InChI is InChI=1S/C31H29N3O3S2/c1-20-9-7-10-21(2)28(20)34-29(35)22(3)39-26-14-8-13-25(18-26)32-31(37)27(17-23-15-16-38-19-23)33-30(36)24-11-5-4-6-12-24/h4-19,22H,1-3H3,(H,32,37)(H,33,36)(H,34,35)/b27-17-. The van der Waals surface area contributed by atoms with Gasteiger partial charge in [-0.3, -0.25) is 14.4 Å². The number of nitrogens with one attached hydrogen (secondary N) is 3. The van der Waals surface area contributed by atoms with Gasteiger partial charge in [-0.05, 0) is 90.7 Å². The number of anilines is 2. The Morgan fingerprint density at radius 1 is 0.872 bits per heavy atom. The zero-order valence-corrected chi connectivity index (χ0v) is 23.5. The number of benzene rings is 3. The molecule has 0 fully saturated rings. The predicted octanol–water partition coefficient (Wildman–Crippen LogP) is 6.89. The maximum absolute atomic E-state index is 13.3. The van der Waals surface area contributed by atoms with E-state index in [2.05, 4.69) is 16.0 Å². The summed E-state index contributed by atoms with van der Waals surface area (Å²) in [5.41, 5.74) is 4.80. The zero-order chi connectivity index (χ0) is 27.8. The molecule has 4 aromatic rings. The highest BCUT2D eigenvalue weighted by Crippen LogP contribution is 2.28. The van der Waals surface area contributed by atoms with Crippen LogP contribution in [0.5, 0.6) is 0 Å². The van der Waals surface area contributed by atoms with Gasteiger partial charge in [0, 0.05) is 21.8 Å². The van der Waals surface area contributed by atoms with E-state index in [1.165, 1.54) is 23.1 Å². The molecule has 0 saturated carbocycles. The highest BCUT2D eigenvalue weighted by molar-refractivity contribution is 8.00. The Labute approximate surface area is 236 Å². The third-order valence-corrected chi connectivity index (χ3v) is 7.68. The van der Waals surface area contributed by atoms with Crippen molar-refractivity contribution in [2.45, 2.75) is 30.9 Å². The van der Waals surface area contributed by atoms with Crippen LogP contribution in [0.4, 0.5) is 11.4 Å².